The number of nitrogens with zero attached hydrogens (tertiary/aromatic N) is 1. The fourth-order valence-electron chi connectivity index (χ4n) is 1.78. The number of benzene rings is 1. The molecule has 0 fully saturated rings. The monoisotopic (exact) mass is 408 g/mol. The van der Waals surface area contributed by atoms with Crippen molar-refractivity contribution in [2.45, 2.75) is 6.92 Å². The molecule has 1 amide bonds. The maximum atomic E-state index is 11.7. The zero-order chi connectivity index (χ0) is 18.4. The van der Waals surface area contributed by atoms with Gasteiger partial charge < -0.3 is 14.5 Å². The highest BCUT2D eigenvalue weighted by atomic mass is 79.9. The molecular weight excluding hydrogens is 396 g/mol. The number of aryl methyl sites for hydroxylation is 1. The SMILES string of the molecule is Cc1cc(NC(=O)COC(=O)/C=C/c2ccc([N+](=O)[O-])o2)ccc1Br. The Bertz CT molecular complexity index is 843. The number of esters is 1. The lowest BCUT2D eigenvalue weighted by molar-refractivity contribution is -0.402. The standard InChI is InChI=1S/C16H13BrN2O6/c1-10-8-11(2-5-13(10)17)18-14(20)9-24-16(21)7-4-12-3-6-15(25-12)19(22)23/h2-8H,9H2,1H3,(H,18,20)/b7-4+. The lowest BCUT2D eigenvalue weighted by atomic mass is 10.2. The number of furan rings is 1. The van der Waals surface area contributed by atoms with Crippen molar-refractivity contribution in [2.75, 3.05) is 11.9 Å². The van der Waals surface area contributed by atoms with Crippen LogP contribution in [-0.2, 0) is 14.3 Å². The summed E-state index contributed by atoms with van der Waals surface area (Å²) in [6, 6.07) is 7.78. The molecule has 0 saturated carbocycles. The smallest absolute Gasteiger partial charge is 0.433 e. The van der Waals surface area contributed by atoms with Crippen LogP contribution >= 0.6 is 15.9 Å². The van der Waals surface area contributed by atoms with Crippen LogP contribution in [0.25, 0.3) is 6.08 Å². The highest BCUT2D eigenvalue weighted by Gasteiger charge is 2.11. The van der Waals surface area contributed by atoms with Crippen LogP contribution in [0.3, 0.4) is 0 Å². The molecule has 2 aromatic rings. The maximum absolute atomic E-state index is 11.7. The molecule has 130 valence electrons. The Morgan fingerprint density at radius 1 is 1.36 bits per heavy atom. The number of ether oxygens (including phenoxy) is 1. The summed E-state index contributed by atoms with van der Waals surface area (Å²) in [7, 11) is 0. The van der Waals surface area contributed by atoms with E-state index in [1.54, 1.807) is 18.2 Å². The van der Waals surface area contributed by atoms with Crippen molar-refractivity contribution in [3.8, 4) is 0 Å². The van der Waals surface area contributed by atoms with E-state index in [9.17, 15) is 19.7 Å². The predicted molar refractivity (Wildman–Crippen MR) is 92.9 cm³/mol. The number of anilines is 1. The summed E-state index contributed by atoms with van der Waals surface area (Å²) in [6.07, 6.45) is 2.23. The van der Waals surface area contributed by atoms with Gasteiger partial charge in [0.25, 0.3) is 5.91 Å². The van der Waals surface area contributed by atoms with Gasteiger partial charge in [0.05, 0.1) is 6.07 Å². The lowest BCUT2D eigenvalue weighted by Crippen LogP contribution is -2.20. The van der Waals surface area contributed by atoms with E-state index in [4.69, 9.17) is 9.15 Å². The maximum Gasteiger partial charge on any atom is 0.433 e. The first kappa shape index (κ1) is 18.4. The summed E-state index contributed by atoms with van der Waals surface area (Å²) in [5, 5.41) is 13.1. The molecule has 0 spiro atoms. The molecule has 0 aliphatic heterocycles. The number of nitrogens with one attached hydrogen (secondary N) is 1. The van der Waals surface area contributed by atoms with Gasteiger partial charge in [-0.15, -0.1) is 0 Å². The second-order valence-electron chi connectivity index (χ2n) is 4.89. The van der Waals surface area contributed by atoms with Crippen molar-refractivity contribution in [3.63, 3.8) is 0 Å². The second-order valence-corrected chi connectivity index (χ2v) is 5.74. The third kappa shape index (κ3) is 5.57. The number of rotatable bonds is 6. The Kier molecular flexibility index (Phi) is 6.07. The molecule has 2 rings (SSSR count). The van der Waals surface area contributed by atoms with Crippen molar-refractivity contribution in [3.05, 3.63) is 62.3 Å². The van der Waals surface area contributed by atoms with E-state index in [1.165, 1.54) is 18.2 Å². The highest BCUT2D eigenvalue weighted by molar-refractivity contribution is 9.10. The first-order chi connectivity index (χ1) is 11.8. The van der Waals surface area contributed by atoms with Crippen molar-refractivity contribution in [1.82, 2.24) is 0 Å². The summed E-state index contributed by atoms with van der Waals surface area (Å²) in [5.74, 6) is -1.58. The minimum Gasteiger partial charge on any atom is -0.452 e. The fraction of sp³-hybridized carbons (Fsp3) is 0.125. The zero-order valence-corrected chi connectivity index (χ0v) is 14.6. The molecule has 0 saturated heterocycles. The van der Waals surface area contributed by atoms with Crippen molar-refractivity contribution >= 4 is 45.5 Å². The van der Waals surface area contributed by atoms with E-state index in [-0.39, 0.29) is 5.76 Å². The number of nitro groups is 1. The van der Waals surface area contributed by atoms with Gasteiger partial charge in [0.15, 0.2) is 6.61 Å². The molecular formula is C16H13BrN2O6. The van der Waals surface area contributed by atoms with Crippen LogP contribution in [0.2, 0.25) is 0 Å². The predicted octanol–water partition coefficient (Wildman–Crippen LogP) is 3.45. The number of hydrogen-bond acceptors (Lipinski definition) is 6. The van der Waals surface area contributed by atoms with Gasteiger partial charge in [0.2, 0.25) is 0 Å². The molecule has 9 heteroatoms. The number of amides is 1. The largest absolute Gasteiger partial charge is 0.452 e. The third-order valence-electron chi connectivity index (χ3n) is 2.96. The lowest BCUT2D eigenvalue weighted by Gasteiger charge is -2.07. The number of halogens is 1. The van der Waals surface area contributed by atoms with E-state index in [0.717, 1.165) is 16.1 Å². The van der Waals surface area contributed by atoms with Crippen molar-refractivity contribution in [1.29, 1.82) is 0 Å². The summed E-state index contributed by atoms with van der Waals surface area (Å²) >= 11 is 3.36. The minimum absolute atomic E-state index is 0.124. The molecule has 0 bridgehead atoms. The molecule has 1 heterocycles. The van der Waals surface area contributed by atoms with Crippen LogP contribution in [-0.4, -0.2) is 23.4 Å². The van der Waals surface area contributed by atoms with Gasteiger partial charge in [-0.1, -0.05) is 15.9 Å². The molecule has 0 aliphatic carbocycles. The summed E-state index contributed by atoms with van der Waals surface area (Å²) < 4.78 is 10.5. The van der Waals surface area contributed by atoms with E-state index >= 15 is 0 Å². The van der Waals surface area contributed by atoms with Crippen LogP contribution in [0.4, 0.5) is 11.6 Å². The van der Waals surface area contributed by atoms with Crippen LogP contribution in [0.5, 0.6) is 0 Å². The molecule has 0 aliphatic rings. The molecule has 25 heavy (non-hydrogen) atoms. The van der Waals surface area contributed by atoms with Gasteiger partial charge in [-0.2, -0.15) is 0 Å². The van der Waals surface area contributed by atoms with E-state index < -0.39 is 29.3 Å². The van der Waals surface area contributed by atoms with Gasteiger partial charge in [0, 0.05) is 16.2 Å². The molecule has 1 aromatic carbocycles. The van der Waals surface area contributed by atoms with Crippen LogP contribution in [0.1, 0.15) is 11.3 Å². The minimum atomic E-state index is -0.777. The summed E-state index contributed by atoms with van der Waals surface area (Å²) in [5.41, 5.74) is 1.53. The Hall–Kier alpha value is -2.94. The second kappa shape index (κ2) is 8.25. The summed E-state index contributed by atoms with van der Waals surface area (Å²) in [4.78, 5) is 33.1. The quantitative estimate of drug-likeness (QED) is 0.339. The number of carbonyl (C=O) groups is 2. The highest BCUT2D eigenvalue weighted by Crippen LogP contribution is 2.20. The van der Waals surface area contributed by atoms with Crippen molar-refractivity contribution < 1.29 is 23.7 Å². The Balaban J connectivity index is 1.82. The Morgan fingerprint density at radius 3 is 2.76 bits per heavy atom. The fourth-order valence-corrected chi connectivity index (χ4v) is 2.03. The average Bonchev–Trinajstić information content (AvgIpc) is 3.04. The Morgan fingerprint density at radius 2 is 2.12 bits per heavy atom. The van der Waals surface area contributed by atoms with Crippen LogP contribution in [0.15, 0.2) is 45.3 Å². The normalized spacial score (nSPS) is 10.6. The number of carbonyl (C=O) groups excluding carboxylic acids is 2. The summed E-state index contributed by atoms with van der Waals surface area (Å²) in [6.45, 7) is 1.42. The average molecular weight is 409 g/mol. The molecule has 8 nitrogen and oxygen atoms in total. The topological polar surface area (TPSA) is 112 Å². The first-order valence-corrected chi connectivity index (χ1v) is 7.79. The number of hydrogen-bond donors (Lipinski definition) is 1. The zero-order valence-electron chi connectivity index (χ0n) is 13.0. The van der Waals surface area contributed by atoms with Crippen LogP contribution in [0, 0.1) is 17.0 Å². The van der Waals surface area contributed by atoms with Gasteiger partial charge in [0.1, 0.15) is 10.7 Å². The third-order valence-corrected chi connectivity index (χ3v) is 3.85. The molecule has 0 radical (unpaired) electrons. The van der Waals surface area contributed by atoms with E-state index in [2.05, 4.69) is 21.2 Å². The first-order valence-electron chi connectivity index (χ1n) is 7.00. The molecule has 0 unspecified atom stereocenters. The molecule has 1 N–H and O–H groups in total. The van der Waals surface area contributed by atoms with E-state index in [0.29, 0.717) is 5.69 Å². The van der Waals surface area contributed by atoms with E-state index in [1.807, 2.05) is 6.92 Å². The van der Waals surface area contributed by atoms with Crippen molar-refractivity contribution in [2.24, 2.45) is 0 Å². The molecule has 0 atom stereocenters. The Labute approximate surface area is 150 Å². The van der Waals surface area contributed by atoms with Gasteiger partial charge in [-0.3, -0.25) is 14.9 Å². The van der Waals surface area contributed by atoms with Gasteiger partial charge >= 0.3 is 11.9 Å². The molecule has 1 aromatic heterocycles. The van der Waals surface area contributed by atoms with Gasteiger partial charge in [-0.05, 0) is 42.8 Å². The van der Waals surface area contributed by atoms with Gasteiger partial charge in [-0.25, -0.2) is 4.79 Å². The van der Waals surface area contributed by atoms with Crippen LogP contribution < -0.4 is 5.32 Å².